The van der Waals surface area contributed by atoms with Crippen LogP contribution >= 0.6 is 0 Å². The molecule has 1 N–H and O–H groups in total. The Morgan fingerprint density at radius 1 is 0.538 bits per heavy atom. The van der Waals surface area contributed by atoms with Gasteiger partial charge in [0, 0.05) is 5.39 Å². The van der Waals surface area contributed by atoms with Crippen molar-refractivity contribution in [2.24, 2.45) is 0 Å². The largest absolute Gasteiger partial charge is 0.295 e. The van der Waals surface area contributed by atoms with Crippen LogP contribution in [-0.2, 0) is 10.1 Å². The van der Waals surface area contributed by atoms with Gasteiger partial charge in [-0.05, 0) is 22.6 Å². The summed E-state index contributed by atoms with van der Waals surface area (Å²) in [5.41, 5.74) is 2.55. The molecule has 4 aromatic rings. The average molecular weight is 362 g/mol. The minimum absolute atomic E-state index is 0.0457. The van der Waals surface area contributed by atoms with Crippen LogP contribution in [0.4, 0.5) is 0 Å². The third-order valence-electron chi connectivity index (χ3n) is 3.91. The third kappa shape index (κ3) is 4.36. The van der Waals surface area contributed by atoms with Gasteiger partial charge in [-0.3, -0.25) is 4.55 Å². The predicted molar refractivity (Wildman–Crippen MR) is 106 cm³/mol. The van der Waals surface area contributed by atoms with Crippen molar-refractivity contribution in [1.82, 2.24) is 0 Å². The smallest absolute Gasteiger partial charge is 0.282 e. The van der Waals surface area contributed by atoms with Crippen molar-refractivity contribution in [3.63, 3.8) is 0 Å². The summed E-state index contributed by atoms with van der Waals surface area (Å²) >= 11 is 0. The Hall–Kier alpha value is -2.95. The highest BCUT2D eigenvalue weighted by atomic mass is 32.2. The summed E-state index contributed by atoms with van der Waals surface area (Å²) < 4.78 is 31.0. The molecule has 0 heterocycles. The Morgan fingerprint density at radius 2 is 1.00 bits per heavy atom. The molecule has 26 heavy (non-hydrogen) atoms. The number of benzene rings is 4. The molecule has 4 aromatic carbocycles. The van der Waals surface area contributed by atoms with Crippen LogP contribution in [0.3, 0.4) is 0 Å². The Kier molecular flexibility index (Phi) is 5.46. The van der Waals surface area contributed by atoms with Gasteiger partial charge in [-0.2, -0.15) is 8.42 Å². The normalized spacial score (nSPS) is 10.8. The molecule has 0 fully saturated rings. The Balaban J connectivity index is 0.000000152. The molecular formula is C22H18O3S. The van der Waals surface area contributed by atoms with Crippen LogP contribution < -0.4 is 0 Å². The minimum atomic E-state index is -4.13. The van der Waals surface area contributed by atoms with E-state index in [9.17, 15) is 8.42 Å². The molecule has 4 rings (SSSR count). The van der Waals surface area contributed by atoms with Gasteiger partial charge in [-0.15, -0.1) is 0 Å². The Bertz CT molecular complexity index is 1050. The average Bonchev–Trinajstić information content (AvgIpc) is 2.69. The molecule has 0 unspecified atom stereocenters. The van der Waals surface area contributed by atoms with E-state index in [1.165, 1.54) is 17.2 Å². The summed E-state index contributed by atoms with van der Waals surface area (Å²) in [5, 5.41) is 1.33. The lowest BCUT2D eigenvalue weighted by atomic mass is 10.1. The second kappa shape index (κ2) is 7.95. The first-order valence-electron chi connectivity index (χ1n) is 8.11. The van der Waals surface area contributed by atoms with Gasteiger partial charge in [-0.25, -0.2) is 0 Å². The second-order valence-corrected chi connectivity index (χ2v) is 7.07. The monoisotopic (exact) mass is 362 g/mol. The SMILES string of the molecule is O=S(=O)(O)c1cccc2ccccc12.c1ccc(-c2ccccc2)cc1. The molecule has 0 aliphatic carbocycles. The van der Waals surface area contributed by atoms with E-state index in [1.807, 2.05) is 18.2 Å². The van der Waals surface area contributed by atoms with Crippen LogP contribution in [0.25, 0.3) is 21.9 Å². The Morgan fingerprint density at radius 3 is 1.54 bits per heavy atom. The highest BCUT2D eigenvalue weighted by molar-refractivity contribution is 7.86. The van der Waals surface area contributed by atoms with Crippen molar-refractivity contribution in [2.75, 3.05) is 0 Å². The van der Waals surface area contributed by atoms with Crippen molar-refractivity contribution < 1.29 is 13.0 Å². The first-order valence-corrected chi connectivity index (χ1v) is 9.55. The van der Waals surface area contributed by atoms with E-state index in [0.717, 1.165) is 5.39 Å². The van der Waals surface area contributed by atoms with Crippen molar-refractivity contribution in [1.29, 1.82) is 0 Å². The van der Waals surface area contributed by atoms with Gasteiger partial charge in [-0.1, -0.05) is 97.1 Å². The number of hydrogen-bond acceptors (Lipinski definition) is 2. The summed E-state index contributed by atoms with van der Waals surface area (Å²) in [5.74, 6) is 0. The highest BCUT2D eigenvalue weighted by Gasteiger charge is 2.12. The first-order chi connectivity index (χ1) is 12.6. The minimum Gasteiger partial charge on any atom is -0.282 e. The van der Waals surface area contributed by atoms with Crippen LogP contribution in [0.15, 0.2) is 108 Å². The molecule has 0 aromatic heterocycles. The van der Waals surface area contributed by atoms with E-state index < -0.39 is 10.1 Å². The molecule has 0 amide bonds. The summed E-state index contributed by atoms with van der Waals surface area (Å²) in [6.07, 6.45) is 0. The molecule has 0 spiro atoms. The van der Waals surface area contributed by atoms with Crippen molar-refractivity contribution in [3.8, 4) is 11.1 Å². The van der Waals surface area contributed by atoms with Crippen LogP contribution in [0.2, 0.25) is 0 Å². The van der Waals surface area contributed by atoms with E-state index in [1.54, 1.807) is 30.3 Å². The summed E-state index contributed by atoms with van der Waals surface area (Å²) in [6.45, 7) is 0. The number of rotatable bonds is 2. The zero-order valence-electron chi connectivity index (χ0n) is 14.0. The molecule has 0 bridgehead atoms. The fraction of sp³-hybridized carbons (Fsp3) is 0. The molecule has 0 saturated carbocycles. The lowest BCUT2D eigenvalue weighted by molar-refractivity contribution is 0.484. The van der Waals surface area contributed by atoms with Gasteiger partial charge in [0.05, 0.1) is 0 Å². The highest BCUT2D eigenvalue weighted by Crippen LogP contribution is 2.22. The van der Waals surface area contributed by atoms with E-state index >= 15 is 0 Å². The Labute approximate surface area is 153 Å². The van der Waals surface area contributed by atoms with E-state index in [4.69, 9.17) is 4.55 Å². The molecule has 0 saturated heterocycles. The lowest BCUT2D eigenvalue weighted by Crippen LogP contribution is -1.98. The second-order valence-electron chi connectivity index (χ2n) is 5.68. The van der Waals surface area contributed by atoms with Gasteiger partial charge in [0.15, 0.2) is 0 Å². The van der Waals surface area contributed by atoms with E-state index in [2.05, 4.69) is 48.5 Å². The molecule has 4 heteroatoms. The maximum absolute atomic E-state index is 11.0. The van der Waals surface area contributed by atoms with Gasteiger partial charge in [0.1, 0.15) is 4.90 Å². The van der Waals surface area contributed by atoms with Crippen molar-refractivity contribution in [3.05, 3.63) is 103 Å². The van der Waals surface area contributed by atoms with Crippen molar-refractivity contribution in [2.45, 2.75) is 4.90 Å². The maximum atomic E-state index is 11.0. The molecular weight excluding hydrogens is 344 g/mol. The predicted octanol–water partition coefficient (Wildman–Crippen LogP) is 5.44. The van der Waals surface area contributed by atoms with Gasteiger partial charge in [0.2, 0.25) is 0 Å². The molecule has 0 radical (unpaired) electrons. The van der Waals surface area contributed by atoms with Gasteiger partial charge >= 0.3 is 0 Å². The number of hydrogen-bond donors (Lipinski definition) is 1. The van der Waals surface area contributed by atoms with E-state index in [-0.39, 0.29) is 4.90 Å². The van der Waals surface area contributed by atoms with Crippen LogP contribution in [0.5, 0.6) is 0 Å². The topological polar surface area (TPSA) is 54.4 Å². The number of fused-ring (bicyclic) bond motifs is 1. The molecule has 3 nitrogen and oxygen atoms in total. The zero-order valence-corrected chi connectivity index (χ0v) is 14.8. The fourth-order valence-corrected chi connectivity index (χ4v) is 3.40. The zero-order chi connectivity index (χ0) is 18.4. The molecule has 0 atom stereocenters. The summed E-state index contributed by atoms with van der Waals surface area (Å²) in [6, 6.07) is 32.6. The summed E-state index contributed by atoms with van der Waals surface area (Å²) in [7, 11) is -4.13. The fourth-order valence-electron chi connectivity index (χ4n) is 2.68. The maximum Gasteiger partial charge on any atom is 0.295 e. The van der Waals surface area contributed by atoms with Crippen molar-refractivity contribution >= 4 is 20.9 Å². The van der Waals surface area contributed by atoms with Gasteiger partial charge < -0.3 is 0 Å². The first kappa shape index (κ1) is 17.9. The summed E-state index contributed by atoms with van der Waals surface area (Å²) in [4.78, 5) is -0.0457. The van der Waals surface area contributed by atoms with Crippen LogP contribution in [-0.4, -0.2) is 13.0 Å². The molecule has 0 aliphatic heterocycles. The van der Waals surface area contributed by atoms with Gasteiger partial charge in [0.25, 0.3) is 10.1 Å². The van der Waals surface area contributed by atoms with E-state index in [0.29, 0.717) is 5.39 Å². The standard InChI is InChI=1S/C12H10.C10H8O3S/c1-3-7-11(8-4-1)12-9-5-2-6-10-12;11-14(12,13)10-7-3-5-8-4-1-2-6-9(8)10/h1-10H;1-7H,(H,11,12,13). The lowest BCUT2D eigenvalue weighted by Gasteiger charge is -2.02. The molecule has 0 aliphatic rings. The third-order valence-corrected chi connectivity index (χ3v) is 4.82. The van der Waals surface area contributed by atoms with Crippen LogP contribution in [0, 0.1) is 0 Å². The molecule has 130 valence electrons. The quantitative estimate of drug-likeness (QED) is 0.483. The van der Waals surface area contributed by atoms with Crippen LogP contribution in [0.1, 0.15) is 0 Å².